The van der Waals surface area contributed by atoms with Crippen LogP contribution in [-0.2, 0) is 11.3 Å². The highest BCUT2D eigenvalue weighted by Crippen LogP contribution is 2.33. The van der Waals surface area contributed by atoms with E-state index in [-0.39, 0.29) is 16.8 Å². The Hall–Kier alpha value is -2.08. The Morgan fingerprint density at radius 1 is 1.42 bits per heavy atom. The molecule has 24 heavy (non-hydrogen) atoms. The van der Waals surface area contributed by atoms with Gasteiger partial charge in [-0.1, -0.05) is 23.5 Å². The molecule has 1 atom stereocenters. The van der Waals surface area contributed by atoms with Crippen molar-refractivity contribution in [3.63, 3.8) is 0 Å². The van der Waals surface area contributed by atoms with Gasteiger partial charge < -0.3 is 14.2 Å². The summed E-state index contributed by atoms with van der Waals surface area (Å²) in [4.78, 5) is 26.4. The van der Waals surface area contributed by atoms with Gasteiger partial charge in [0, 0.05) is 30.6 Å². The molecule has 0 bridgehead atoms. The first-order chi connectivity index (χ1) is 11.6. The lowest BCUT2D eigenvalue weighted by Gasteiger charge is -2.25. The van der Waals surface area contributed by atoms with Gasteiger partial charge in [-0.05, 0) is 37.5 Å². The van der Waals surface area contributed by atoms with Crippen LogP contribution in [0.3, 0.4) is 0 Å². The highest BCUT2D eigenvalue weighted by Gasteiger charge is 2.29. The van der Waals surface area contributed by atoms with E-state index in [1.165, 1.54) is 11.3 Å². The van der Waals surface area contributed by atoms with Gasteiger partial charge in [0.1, 0.15) is 5.75 Å². The maximum Gasteiger partial charge on any atom is 0.307 e. The Balaban J connectivity index is 1.70. The van der Waals surface area contributed by atoms with Crippen LogP contribution in [0.25, 0.3) is 0 Å². The number of methoxy groups -OCH3 is 1. The zero-order valence-electron chi connectivity index (χ0n) is 14.0. The van der Waals surface area contributed by atoms with Crippen molar-refractivity contribution < 1.29 is 9.53 Å². The summed E-state index contributed by atoms with van der Waals surface area (Å²) in [5.41, 5.74) is 2.03. The van der Waals surface area contributed by atoms with Crippen molar-refractivity contribution in [2.24, 2.45) is 0 Å². The molecule has 1 saturated heterocycles. The quantitative estimate of drug-likeness (QED) is 0.836. The van der Waals surface area contributed by atoms with Crippen LogP contribution in [0.4, 0.5) is 0 Å². The third kappa shape index (κ3) is 3.38. The first-order valence-electron chi connectivity index (χ1n) is 8.18. The topological polar surface area (TPSA) is 51.5 Å². The summed E-state index contributed by atoms with van der Waals surface area (Å²) in [7, 11) is 1.65. The lowest BCUT2D eigenvalue weighted by Crippen LogP contribution is -2.32. The largest absolute Gasteiger partial charge is 0.497 e. The normalized spacial score (nSPS) is 17.2. The zero-order valence-corrected chi connectivity index (χ0v) is 14.8. The predicted octanol–water partition coefficient (Wildman–Crippen LogP) is 2.98. The molecule has 6 heteroatoms. The van der Waals surface area contributed by atoms with E-state index in [0.29, 0.717) is 13.0 Å². The summed E-state index contributed by atoms with van der Waals surface area (Å²) in [6.45, 7) is 3.13. The average Bonchev–Trinajstić information content (AvgIpc) is 3.20. The van der Waals surface area contributed by atoms with Crippen molar-refractivity contribution in [3.05, 3.63) is 50.6 Å². The number of aryl methyl sites for hydroxylation is 1. The van der Waals surface area contributed by atoms with Crippen LogP contribution in [0, 0.1) is 6.92 Å². The summed E-state index contributed by atoms with van der Waals surface area (Å²) in [6, 6.07) is 8.03. The molecule has 1 aromatic heterocycles. The summed E-state index contributed by atoms with van der Waals surface area (Å²) < 4.78 is 6.97. The Morgan fingerprint density at radius 3 is 2.96 bits per heavy atom. The van der Waals surface area contributed by atoms with Crippen LogP contribution in [0.2, 0.25) is 0 Å². The number of nitrogens with zero attached hydrogens (tertiary/aromatic N) is 2. The SMILES string of the molecule is COc1cccc([C@H]2CCCN2C(=O)CCn2c(C)csc2=O)c1. The molecule has 2 heterocycles. The van der Waals surface area contributed by atoms with Crippen molar-refractivity contribution in [3.8, 4) is 5.75 Å². The van der Waals surface area contributed by atoms with Gasteiger partial charge in [0.15, 0.2) is 0 Å². The molecular formula is C18H22N2O3S. The summed E-state index contributed by atoms with van der Waals surface area (Å²) >= 11 is 1.19. The number of likely N-dealkylation sites (tertiary alicyclic amines) is 1. The van der Waals surface area contributed by atoms with E-state index in [0.717, 1.165) is 36.4 Å². The van der Waals surface area contributed by atoms with Crippen molar-refractivity contribution in [1.82, 2.24) is 9.47 Å². The van der Waals surface area contributed by atoms with Gasteiger partial charge in [-0.15, -0.1) is 0 Å². The van der Waals surface area contributed by atoms with Gasteiger partial charge in [-0.2, -0.15) is 0 Å². The summed E-state index contributed by atoms with van der Waals surface area (Å²) in [6.07, 6.45) is 2.33. The lowest BCUT2D eigenvalue weighted by molar-refractivity contribution is -0.132. The standard InChI is InChI=1S/C18H22N2O3S/c1-13-12-24-18(22)19(13)10-8-17(21)20-9-4-7-16(20)14-5-3-6-15(11-14)23-2/h3,5-6,11-12,16H,4,7-10H2,1-2H3/t16-/m1/s1. The highest BCUT2D eigenvalue weighted by atomic mass is 32.1. The highest BCUT2D eigenvalue weighted by molar-refractivity contribution is 7.07. The molecule has 0 unspecified atom stereocenters. The van der Waals surface area contributed by atoms with Gasteiger partial charge in [0.05, 0.1) is 13.2 Å². The molecule has 1 fully saturated rings. The average molecular weight is 346 g/mol. The van der Waals surface area contributed by atoms with E-state index in [9.17, 15) is 9.59 Å². The maximum atomic E-state index is 12.7. The van der Waals surface area contributed by atoms with E-state index < -0.39 is 0 Å². The Kier molecular flexibility index (Phi) is 5.04. The number of benzene rings is 1. The van der Waals surface area contributed by atoms with E-state index in [2.05, 4.69) is 0 Å². The molecule has 1 amide bonds. The number of ether oxygens (including phenoxy) is 1. The molecule has 128 valence electrons. The number of thiazole rings is 1. The Labute approximate surface area is 145 Å². The van der Waals surface area contributed by atoms with Crippen molar-refractivity contribution >= 4 is 17.2 Å². The molecule has 0 aliphatic carbocycles. The van der Waals surface area contributed by atoms with E-state index in [4.69, 9.17) is 4.74 Å². The fourth-order valence-electron chi connectivity index (χ4n) is 3.29. The van der Waals surface area contributed by atoms with E-state index in [1.54, 1.807) is 11.7 Å². The number of amides is 1. The van der Waals surface area contributed by atoms with Gasteiger partial charge in [-0.25, -0.2) is 0 Å². The molecule has 5 nitrogen and oxygen atoms in total. The second-order valence-electron chi connectivity index (χ2n) is 6.07. The van der Waals surface area contributed by atoms with Crippen LogP contribution in [0.1, 0.15) is 36.6 Å². The third-order valence-electron chi connectivity index (χ3n) is 4.58. The van der Waals surface area contributed by atoms with Gasteiger partial charge in [0.2, 0.25) is 5.91 Å². The van der Waals surface area contributed by atoms with E-state index in [1.807, 2.05) is 41.5 Å². The van der Waals surface area contributed by atoms with Gasteiger partial charge in [-0.3, -0.25) is 9.59 Å². The molecule has 0 saturated carbocycles. The van der Waals surface area contributed by atoms with Crippen LogP contribution >= 0.6 is 11.3 Å². The Bertz CT molecular complexity index is 781. The second kappa shape index (κ2) is 7.21. The van der Waals surface area contributed by atoms with Crippen molar-refractivity contribution in [2.45, 2.75) is 38.8 Å². The molecule has 0 radical (unpaired) electrons. The molecule has 1 aliphatic rings. The summed E-state index contributed by atoms with van der Waals surface area (Å²) in [5.74, 6) is 0.921. The number of rotatable bonds is 5. The first-order valence-corrected chi connectivity index (χ1v) is 9.06. The molecule has 2 aromatic rings. The monoisotopic (exact) mass is 346 g/mol. The van der Waals surface area contributed by atoms with Crippen LogP contribution < -0.4 is 9.61 Å². The minimum atomic E-state index is 0.00562. The van der Waals surface area contributed by atoms with Crippen LogP contribution in [0.15, 0.2) is 34.4 Å². The number of aromatic nitrogens is 1. The zero-order chi connectivity index (χ0) is 17.1. The molecule has 1 aliphatic heterocycles. The van der Waals surface area contributed by atoms with Gasteiger partial charge in [0.25, 0.3) is 0 Å². The van der Waals surface area contributed by atoms with Crippen LogP contribution in [-0.4, -0.2) is 29.0 Å². The maximum absolute atomic E-state index is 12.7. The molecular weight excluding hydrogens is 324 g/mol. The van der Waals surface area contributed by atoms with Crippen molar-refractivity contribution in [1.29, 1.82) is 0 Å². The summed E-state index contributed by atoms with van der Waals surface area (Å²) in [5, 5.41) is 1.84. The lowest BCUT2D eigenvalue weighted by atomic mass is 10.0. The molecule has 0 spiro atoms. The number of carbonyl (C=O) groups excluding carboxylic acids is 1. The van der Waals surface area contributed by atoms with Crippen LogP contribution in [0.5, 0.6) is 5.75 Å². The fraction of sp³-hybridized carbons (Fsp3) is 0.444. The van der Waals surface area contributed by atoms with Crippen molar-refractivity contribution in [2.75, 3.05) is 13.7 Å². The smallest absolute Gasteiger partial charge is 0.307 e. The van der Waals surface area contributed by atoms with E-state index >= 15 is 0 Å². The molecule has 1 aromatic carbocycles. The first kappa shape index (κ1) is 16.8. The fourth-order valence-corrected chi connectivity index (χ4v) is 4.05. The Morgan fingerprint density at radius 2 is 2.25 bits per heavy atom. The number of hydrogen-bond donors (Lipinski definition) is 0. The second-order valence-corrected chi connectivity index (χ2v) is 6.89. The van der Waals surface area contributed by atoms with Gasteiger partial charge >= 0.3 is 4.87 Å². The number of hydrogen-bond acceptors (Lipinski definition) is 4. The minimum Gasteiger partial charge on any atom is -0.497 e. The minimum absolute atomic E-state index is 0.00562. The molecule has 0 N–H and O–H groups in total. The third-order valence-corrected chi connectivity index (χ3v) is 5.46. The number of carbonyl (C=O) groups is 1. The predicted molar refractivity (Wildman–Crippen MR) is 94.6 cm³/mol. The molecule has 3 rings (SSSR count).